The molecule has 3 N–H and O–H groups in total. The summed E-state index contributed by atoms with van der Waals surface area (Å²) < 4.78 is 5.24. The SMILES string of the molecule is COc1ccccc1CNC(=O)N1CCNC(=O)C1CCO. The number of aliphatic hydroxyl groups excluding tert-OH is 1. The van der Waals surface area contributed by atoms with Crippen LogP contribution in [0.1, 0.15) is 12.0 Å². The van der Waals surface area contributed by atoms with Gasteiger partial charge in [-0.1, -0.05) is 18.2 Å². The maximum Gasteiger partial charge on any atom is 0.318 e. The molecule has 0 bridgehead atoms. The Morgan fingerprint density at radius 2 is 2.27 bits per heavy atom. The summed E-state index contributed by atoms with van der Waals surface area (Å²) in [6.07, 6.45) is 0.230. The minimum atomic E-state index is -0.628. The molecule has 1 heterocycles. The van der Waals surface area contributed by atoms with Crippen molar-refractivity contribution in [2.24, 2.45) is 0 Å². The first kappa shape index (κ1) is 16.1. The second-order valence-electron chi connectivity index (χ2n) is 4.98. The van der Waals surface area contributed by atoms with Crippen LogP contribution >= 0.6 is 0 Å². The fourth-order valence-corrected chi connectivity index (χ4v) is 2.49. The van der Waals surface area contributed by atoms with Gasteiger partial charge >= 0.3 is 6.03 Å². The number of amides is 3. The number of para-hydroxylation sites is 1. The largest absolute Gasteiger partial charge is 0.496 e. The lowest BCUT2D eigenvalue weighted by molar-refractivity contribution is -0.128. The summed E-state index contributed by atoms with van der Waals surface area (Å²) in [7, 11) is 1.58. The van der Waals surface area contributed by atoms with Crippen LogP contribution in [0, 0.1) is 0 Å². The number of nitrogens with one attached hydrogen (secondary N) is 2. The van der Waals surface area contributed by atoms with E-state index in [0.717, 1.165) is 5.56 Å². The number of rotatable bonds is 5. The molecule has 7 nitrogen and oxygen atoms in total. The van der Waals surface area contributed by atoms with E-state index in [2.05, 4.69) is 10.6 Å². The van der Waals surface area contributed by atoms with E-state index < -0.39 is 6.04 Å². The Kier molecular flexibility index (Phi) is 5.60. The Hall–Kier alpha value is -2.28. The van der Waals surface area contributed by atoms with E-state index in [1.54, 1.807) is 7.11 Å². The van der Waals surface area contributed by atoms with Crippen molar-refractivity contribution < 1.29 is 19.4 Å². The van der Waals surface area contributed by atoms with Crippen molar-refractivity contribution in [2.45, 2.75) is 19.0 Å². The molecule has 0 saturated carbocycles. The summed E-state index contributed by atoms with van der Waals surface area (Å²) in [5.41, 5.74) is 0.860. The smallest absolute Gasteiger partial charge is 0.318 e. The zero-order chi connectivity index (χ0) is 15.9. The van der Waals surface area contributed by atoms with Gasteiger partial charge in [-0.2, -0.15) is 0 Å². The monoisotopic (exact) mass is 307 g/mol. The van der Waals surface area contributed by atoms with Crippen molar-refractivity contribution in [2.75, 3.05) is 26.8 Å². The van der Waals surface area contributed by atoms with E-state index in [4.69, 9.17) is 9.84 Å². The minimum absolute atomic E-state index is 0.144. The Morgan fingerprint density at radius 3 is 3.00 bits per heavy atom. The molecule has 1 aromatic carbocycles. The molecule has 120 valence electrons. The average Bonchev–Trinajstić information content (AvgIpc) is 2.55. The van der Waals surface area contributed by atoms with E-state index in [0.29, 0.717) is 25.4 Å². The van der Waals surface area contributed by atoms with Crippen molar-refractivity contribution >= 4 is 11.9 Å². The zero-order valence-corrected chi connectivity index (χ0v) is 12.5. The molecule has 1 aromatic rings. The first-order valence-corrected chi connectivity index (χ1v) is 7.22. The summed E-state index contributed by atoms with van der Waals surface area (Å²) in [5.74, 6) is 0.471. The molecule has 0 spiro atoms. The summed E-state index contributed by atoms with van der Waals surface area (Å²) in [4.78, 5) is 25.6. The number of carbonyl (C=O) groups is 2. The van der Waals surface area contributed by atoms with Crippen LogP contribution in [0.2, 0.25) is 0 Å². The van der Waals surface area contributed by atoms with Crippen molar-refractivity contribution in [3.05, 3.63) is 29.8 Å². The third-order valence-corrected chi connectivity index (χ3v) is 3.62. The molecule has 0 aromatic heterocycles. The predicted molar refractivity (Wildman–Crippen MR) is 80.4 cm³/mol. The maximum absolute atomic E-state index is 12.3. The molecule has 2 rings (SSSR count). The number of ether oxygens (including phenoxy) is 1. The van der Waals surface area contributed by atoms with Crippen LogP contribution in [0.4, 0.5) is 4.79 Å². The molecule has 0 radical (unpaired) electrons. The van der Waals surface area contributed by atoms with E-state index in [1.807, 2.05) is 24.3 Å². The van der Waals surface area contributed by atoms with Gasteiger partial charge in [0.25, 0.3) is 0 Å². The second-order valence-corrected chi connectivity index (χ2v) is 4.98. The Labute approximate surface area is 129 Å². The summed E-state index contributed by atoms with van der Waals surface area (Å²) in [6.45, 7) is 1.01. The van der Waals surface area contributed by atoms with Crippen molar-refractivity contribution in [3.8, 4) is 5.75 Å². The molecule has 1 aliphatic heterocycles. The van der Waals surface area contributed by atoms with Crippen molar-refractivity contribution in [3.63, 3.8) is 0 Å². The average molecular weight is 307 g/mol. The van der Waals surface area contributed by atoms with Gasteiger partial charge in [0.1, 0.15) is 11.8 Å². The number of hydrogen-bond donors (Lipinski definition) is 3. The second kappa shape index (κ2) is 7.65. The summed E-state index contributed by atoms with van der Waals surface area (Å²) in [6, 6.07) is 6.47. The lowest BCUT2D eigenvalue weighted by Gasteiger charge is -2.34. The highest BCUT2D eigenvalue weighted by Gasteiger charge is 2.32. The summed E-state index contributed by atoms with van der Waals surface area (Å²) >= 11 is 0. The Balaban J connectivity index is 1.99. The van der Waals surface area contributed by atoms with Crippen LogP contribution in [0.5, 0.6) is 5.75 Å². The Bertz CT molecular complexity index is 535. The van der Waals surface area contributed by atoms with E-state index in [1.165, 1.54) is 4.90 Å². The van der Waals surface area contributed by atoms with Crippen LogP contribution in [0.25, 0.3) is 0 Å². The molecule has 0 aliphatic carbocycles. The molecule has 3 amide bonds. The van der Waals surface area contributed by atoms with Gasteiger partial charge in [0, 0.05) is 31.8 Å². The number of urea groups is 1. The molecule has 1 aliphatic rings. The summed E-state index contributed by atoms with van der Waals surface area (Å²) in [5, 5.41) is 14.6. The molecule has 1 fully saturated rings. The lowest BCUT2D eigenvalue weighted by atomic mass is 10.1. The molecule has 1 unspecified atom stereocenters. The van der Waals surface area contributed by atoms with Gasteiger partial charge in [-0.25, -0.2) is 4.79 Å². The minimum Gasteiger partial charge on any atom is -0.496 e. The molecule has 1 atom stereocenters. The molecule has 1 saturated heterocycles. The highest BCUT2D eigenvalue weighted by molar-refractivity contribution is 5.88. The maximum atomic E-state index is 12.3. The van der Waals surface area contributed by atoms with Gasteiger partial charge in [-0.05, 0) is 12.5 Å². The topological polar surface area (TPSA) is 90.9 Å². The van der Waals surface area contributed by atoms with E-state index in [9.17, 15) is 9.59 Å². The number of piperazine rings is 1. The quantitative estimate of drug-likeness (QED) is 0.719. The van der Waals surface area contributed by atoms with Crippen molar-refractivity contribution in [1.82, 2.24) is 15.5 Å². The fourth-order valence-electron chi connectivity index (χ4n) is 2.49. The van der Waals surface area contributed by atoms with Gasteiger partial charge < -0.3 is 25.4 Å². The van der Waals surface area contributed by atoms with Crippen LogP contribution < -0.4 is 15.4 Å². The Morgan fingerprint density at radius 1 is 1.50 bits per heavy atom. The van der Waals surface area contributed by atoms with Crippen LogP contribution in [-0.4, -0.2) is 54.8 Å². The van der Waals surface area contributed by atoms with Gasteiger partial charge in [-0.15, -0.1) is 0 Å². The van der Waals surface area contributed by atoms with Gasteiger partial charge in [0.05, 0.1) is 7.11 Å². The molecular weight excluding hydrogens is 286 g/mol. The van der Waals surface area contributed by atoms with Crippen LogP contribution in [0.3, 0.4) is 0 Å². The van der Waals surface area contributed by atoms with Crippen LogP contribution in [-0.2, 0) is 11.3 Å². The third kappa shape index (κ3) is 3.67. The first-order valence-electron chi connectivity index (χ1n) is 7.22. The fraction of sp³-hybridized carbons (Fsp3) is 0.467. The number of benzene rings is 1. The third-order valence-electron chi connectivity index (χ3n) is 3.62. The zero-order valence-electron chi connectivity index (χ0n) is 12.5. The van der Waals surface area contributed by atoms with Gasteiger partial charge in [0.15, 0.2) is 0 Å². The molecule has 22 heavy (non-hydrogen) atoms. The highest BCUT2D eigenvalue weighted by atomic mass is 16.5. The number of aliphatic hydroxyl groups is 1. The van der Waals surface area contributed by atoms with E-state index in [-0.39, 0.29) is 25.0 Å². The van der Waals surface area contributed by atoms with Crippen molar-refractivity contribution in [1.29, 1.82) is 0 Å². The lowest BCUT2D eigenvalue weighted by Crippen LogP contribution is -2.59. The van der Waals surface area contributed by atoms with E-state index >= 15 is 0 Å². The predicted octanol–water partition coefficient (Wildman–Crippen LogP) is 0.0876. The van der Waals surface area contributed by atoms with Gasteiger partial charge in [-0.3, -0.25) is 4.79 Å². The standard InChI is InChI=1S/C15H21N3O4/c1-22-13-5-3-2-4-11(13)10-17-15(21)18-8-7-16-14(20)12(18)6-9-19/h2-5,12,19H,6-10H2,1H3,(H,16,20)(H,17,21). The van der Waals surface area contributed by atoms with Crippen LogP contribution in [0.15, 0.2) is 24.3 Å². The van der Waals surface area contributed by atoms with Gasteiger partial charge in [0.2, 0.25) is 5.91 Å². The number of carbonyl (C=O) groups excluding carboxylic acids is 2. The molecule has 7 heteroatoms. The number of nitrogens with zero attached hydrogens (tertiary/aromatic N) is 1. The normalized spacial score (nSPS) is 17.8. The molecular formula is C15H21N3O4. The first-order chi connectivity index (χ1) is 10.7. The highest BCUT2D eigenvalue weighted by Crippen LogP contribution is 2.17. The number of methoxy groups -OCH3 is 1. The number of hydrogen-bond acceptors (Lipinski definition) is 4.